The number of thiazole rings is 1. The van der Waals surface area contributed by atoms with Crippen molar-refractivity contribution in [3.05, 3.63) is 46.4 Å². The summed E-state index contributed by atoms with van der Waals surface area (Å²) in [7, 11) is 0. The van der Waals surface area contributed by atoms with Gasteiger partial charge in [-0.05, 0) is 50.6 Å². The molecule has 28 heavy (non-hydrogen) atoms. The molecule has 3 N–H and O–H groups in total. The van der Waals surface area contributed by atoms with E-state index >= 15 is 0 Å². The summed E-state index contributed by atoms with van der Waals surface area (Å²) in [6.45, 7) is 3.52. The van der Waals surface area contributed by atoms with E-state index in [1.807, 2.05) is 17.5 Å². The van der Waals surface area contributed by atoms with E-state index in [4.69, 9.17) is 10.5 Å². The van der Waals surface area contributed by atoms with Crippen molar-refractivity contribution < 1.29 is 14.3 Å². The predicted molar refractivity (Wildman–Crippen MR) is 108 cm³/mol. The van der Waals surface area contributed by atoms with Crippen LogP contribution < -0.4 is 15.8 Å². The maximum absolute atomic E-state index is 12.4. The van der Waals surface area contributed by atoms with Crippen molar-refractivity contribution >= 4 is 23.2 Å². The lowest BCUT2D eigenvalue weighted by molar-refractivity contribution is -0.123. The van der Waals surface area contributed by atoms with Gasteiger partial charge in [-0.25, -0.2) is 4.98 Å². The minimum absolute atomic E-state index is 0.0460. The molecule has 150 valence electrons. The van der Waals surface area contributed by atoms with Crippen molar-refractivity contribution in [2.24, 2.45) is 11.7 Å². The summed E-state index contributed by atoms with van der Waals surface area (Å²) in [6.07, 6.45) is 2.70. The van der Waals surface area contributed by atoms with Crippen LogP contribution in [0, 0.1) is 5.92 Å². The van der Waals surface area contributed by atoms with Gasteiger partial charge in [-0.3, -0.25) is 9.59 Å². The molecule has 1 aromatic heterocycles. The van der Waals surface area contributed by atoms with E-state index < -0.39 is 0 Å². The molecule has 3 rings (SSSR count). The Morgan fingerprint density at radius 3 is 3.07 bits per heavy atom. The molecule has 0 aliphatic carbocycles. The van der Waals surface area contributed by atoms with Crippen LogP contribution >= 0.6 is 11.3 Å². The second-order valence-electron chi connectivity index (χ2n) is 6.95. The van der Waals surface area contributed by atoms with Gasteiger partial charge in [0, 0.05) is 24.0 Å². The molecule has 1 fully saturated rings. The molecule has 1 saturated heterocycles. The largest absolute Gasteiger partial charge is 0.487 e. The van der Waals surface area contributed by atoms with Crippen LogP contribution in [-0.4, -0.2) is 47.9 Å². The summed E-state index contributed by atoms with van der Waals surface area (Å²) in [4.78, 5) is 30.1. The van der Waals surface area contributed by atoms with Gasteiger partial charge < -0.3 is 20.7 Å². The smallest absolute Gasteiger partial charge is 0.251 e. The molecule has 1 atom stereocenters. The Morgan fingerprint density at radius 1 is 1.39 bits per heavy atom. The number of likely N-dealkylation sites (tertiary alicyclic amines) is 1. The number of primary amides is 1. The van der Waals surface area contributed by atoms with E-state index in [2.05, 4.69) is 15.2 Å². The topological polar surface area (TPSA) is 97.6 Å². The molecule has 7 nitrogen and oxygen atoms in total. The Balaban J connectivity index is 1.40. The van der Waals surface area contributed by atoms with Gasteiger partial charge in [0.25, 0.3) is 5.91 Å². The van der Waals surface area contributed by atoms with E-state index in [9.17, 15) is 9.59 Å². The second kappa shape index (κ2) is 10.2. The third-order valence-electron chi connectivity index (χ3n) is 4.81. The quantitative estimate of drug-likeness (QED) is 0.626. The number of nitrogens with zero attached hydrogens (tertiary/aromatic N) is 2. The molecule has 1 unspecified atom stereocenters. The van der Waals surface area contributed by atoms with E-state index in [0.717, 1.165) is 44.6 Å². The lowest BCUT2D eigenvalue weighted by Gasteiger charge is -2.31. The second-order valence-corrected chi connectivity index (χ2v) is 7.67. The molecule has 0 bridgehead atoms. The number of aromatic nitrogens is 1. The van der Waals surface area contributed by atoms with Crippen LogP contribution in [0.1, 0.15) is 35.3 Å². The molecule has 2 aromatic rings. The van der Waals surface area contributed by atoms with Crippen LogP contribution in [0.3, 0.4) is 0 Å². The van der Waals surface area contributed by atoms with Crippen LogP contribution in [0.4, 0.5) is 0 Å². The number of amides is 2. The van der Waals surface area contributed by atoms with Crippen molar-refractivity contribution in [1.82, 2.24) is 15.2 Å². The highest BCUT2D eigenvalue weighted by molar-refractivity contribution is 7.07. The number of benzene rings is 1. The monoisotopic (exact) mass is 402 g/mol. The Bertz CT molecular complexity index is 782. The molecule has 0 spiro atoms. The minimum atomic E-state index is -0.213. The molecule has 0 saturated carbocycles. The lowest BCUT2D eigenvalue weighted by atomic mass is 9.97. The molecular formula is C20H26N4O3S. The minimum Gasteiger partial charge on any atom is -0.487 e. The van der Waals surface area contributed by atoms with Gasteiger partial charge in [-0.2, -0.15) is 0 Å². The number of carbonyl (C=O) groups excluding carboxylic acids is 2. The van der Waals surface area contributed by atoms with Gasteiger partial charge in [0.05, 0.1) is 17.1 Å². The van der Waals surface area contributed by atoms with E-state index in [0.29, 0.717) is 24.5 Å². The SMILES string of the molecule is NC(=O)C1CCCN(CCCNC(=O)c2cccc(OCc3cscn3)c2)C1. The summed E-state index contributed by atoms with van der Waals surface area (Å²) in [5, 5.41) is 4.88. The van der Waals surface area contributed by atoms with E-state index in [-0.39, 0.29) is 17.7 Å². The standard InChI is InChI=1S/C20H26N4O3S/c21-19(25)16-5-2-8-24(11-16)9-3-7-22-20(26)15-4-1-6-18(10-15)27-12-17-13-28-14-23-17/h1,4,6,10,13-14,16H,2-3,5,7-9,11-12H2,(H2,21,25)(H,22,26). The van der Waals surface area contributed by atoms with Crippen LogP contribution in [0.2, 0.25) is 0 Å². The van der Waals surface area contributed by atoms with Gasteiger partial charge in [0.2, 0.25) is 5.91 Å². The maximum Gasteiger partial charge on any atom is 0.251 e. The number of nitrogens with two attached hydrogens (primary N) is 1. The predicted octanol–water partition coefficient (Wildman–Crippen LogP) is 2.04. The summed E-state index contributed by atoms with van der Waals surface area (Å²) in [6, 6.07) is 7.15. The third-order valence-corrected chi connectivity index (χ3v) is 5.45. The zero-order valence-electron chi connectivity index (χ0n) is 15.8. The first-order valence-corrected chi connectivity index (χ1v) is 10.5. The summed E-state index contributed by atoms with van der Waals surface area (Å²) >= 11 is 1.52. The average molecular weight is 403 g/mol. The Kier molecular flexibility index (Phi) is 7.39. The maximum atomic E-state index is 12.4. The van der Waals surface area contributed by atoms with Crippen molar-refractivity contribution in [2.45, 2.75) is 25.9 Å². The van der Waals surface area contributed by atoms with Gasteiger partial charge in [0.15, 0.2) is 0 Å². The van der Waals surface area contributed by atoms with Crippen molar-refractivity contribution in [1.29, 1.82) is 0 Å². The molecular weight excluding hydrogens is 376 g/mol. The molecule has 1 aromatic carbocycles. The Hall–Kier alpha value is -2.45. The highest BCUT2D eigenvalue weighted by Crippen LogP contribution is 2.17. The molecule has 8 heteroatoms. The first-order valence-electron chi connectivity index (χ1n) is 9.51. The van der Waals surface area contributed by atoms with Crippen LogP contribution in [0.5, 0.6) is 5.75 Å². The molecule has 2 heterocycles. The summed E-state index contributed by atoms with van der Waals surface area (Å²) in [5.74, 6) is 0.268. The van der Waals surface area contributed by atoms with E-state index in [1.165, 1.54) is 11.3 Å². The van der Waals surface area contributed by atoms with Gasteiger partial charge in [-0.15, -0.1) is 11.3 Å². The molecule has 0 radical (unpaired) electrons. The fraction of sp³-hybridized carbons (Fsp3) is 0.450. The van der Waals surface area contributed by atoms with Gasteiger partial charge >= 0.3 is 0 Å². The highest BCUT2D eigenvalue weighted by atomic mass is 32.1. The normalized spacial score (nSPS) is 17.2. The van der Waals surface area contributed by atoms with E-state index in [1.54, 1.807) is 17.6 Å². The number of hydrogen-bond donors (Lipinski definition) is 2. The van der Waals surface area contributed by atoms with Crippen molar-refractivity contribution in [2.75, 3.05) is 26.2 Å². The molecule has 2 amide bonds. The van der Waals surface area contributed by atoms with Crippen molar-refractivity contribution in [3.8, 4) is 5.75 Å². The Labute approximate surface area is 168 Å². The fourth-order valence-corrected chi connectivity index (χ4v) is 3.83. The summed E-state index contributed by atoms with van der Waals surface area (Å²) in [5.41, 5.74) is 8.62. The van der Waals surface area contributed by atoms with Crippen LogP contribution in [-0.2, 0) is 11.4 Å². The number of piperidine rings is 1. The number of nitrogens with one attached hydrogen (secondary N) is 1. The zero-order valence-corrected chi connectivity index (χ0v) is 16.6. The lowest BCUT2D eigenvalue weighted by Crippen LogP contribution is -2.42. The highest BCUT2D eigenvalue weighted by Gasteiger charge is 2.23. The van der Waals surface area contributed by atoms with Crippen molar-refractivity contribution in [3.63, 3.8) is 0 Å². The fourth-order valence-electron chi connectivity index (χ4n) is 3.29. The molecule has 1 aliphatic rings. The number of carbonyl (C=O) groups is 2. The number of ether oxygens (including phenoxy) is 1. The zero-order chi connectivity index (χ0) is 19.8. The number of hydrogen-bond acceptors (Lipinski definition) is 6. The van der Waals surface area contributed by atoms with Crippen LogP contribution in [0.25, 0.3) is 0 Å². The number of rotatable bonds is 9. The average Bonchev–Trinajstić information content (AvgIpc) is 3.23. The Morgan fingerprint density at radius 2 is 2.29 bits per heavy atom. The van der Waals surface area contributed by atoms with Gasteiger partial charge in [0.1, 0.15) is 12.4 Å². The van der Waals surface area contributed by atoms with Crippen LogP contribution in [0.15, 0.2) is 35.2 Å². The first kappa shape index (κ1) is 20.3. The first-order chi connectivity index (χ1) is 13.6. The summed E-state index contributed by atoms with van der Waals surface area (Å²) < 4.78 is 5.70. The third kappa shape index (κ3) is 6.03. The molecule has 1 aliphatic heterocycles. The van der Waals surface area contributed by atoms with Gasteiger partial charge in [-0.1, -0.05) is 6.07 Å².